The average Bonchev–Trinajstić information content (AvgIpc) is 3.59. The lowest BCUT2D eigenvalue weighted by molar-refractivity contribution is -0.123. The molecule has 1 aliphatic heterocycles. The molecule has 3 atom stereocenters. The second kappa shape index (κ2) is 8.87. The molecule has 1 aliphatic carbocycles. The molecule has 4 rings (SSSR count). The summed E-state index contributed by atoms with van der Waals surface area (Å²) in [7, 11) is 0. The van der Waals surface area contributed by atoms with Crippen molar-refractivity contribution < 1.29 is 4.79 Å². The highest BCUT2D eigenvalue weighted by Crippen LogP contribution is 2.33. The normalized spacial score (nSPS) is 22.4. The minimum Gasteiger partial charge on any atom is -0.347 e. The molecule has 2 aliphatic rings. The van der Waals surface area contributed by atoms with Gasteiger partial charge in [-0.25, -0.2) is 0 Å². The summed E-state index contributed by atoms with van der Waals surface area (Å²) in [4.78, 5) is 19.7. The summed E-state index contributed by atoms with van der Waals surface area (Å²) in [5.41, 5.74) is 2.40. The molecule has 2 heterocycles. The maximum absolute atomic E-state index is 12.5. The van der Waals surface area contributed by atoms with Crippen LogP contribution in [-0.2, 0) is 4.79 Å². The standard InChI is InChI=1S/C24H31N3O/c1-18(19-8-3-2-4-9-19)16-27-15-7-10-21(17-27)23(22-11-5-6-14-25-22)26-24(28)20-12-13-20/h2-6,8-9,11,14,18,20-21,23H,7,10,12-13,15-17H2,1H3,(H,26,28)/t18-,21+,23-/m1/s1. The molecule has 4 nitrogen and oxygen atoms in total. The Hall–Kier alpha value is -2.20. The first-order valence-corrected chi connectivity index (χ1v) is 10.7. The van der Waals surface area contributed by atoms with Crippen molar-refractivity contribution in [3.63, 3.8) is 0 Å². The van der Waals surface area contributed by atoms with Crippen molar-refractivity contribution in [2.45, 2.75) is 44.6 Å². The fourth-order valence-electron chi connectivity index (χ4n) is 4.41. The van der Waals surface area contributed by atoms with Gasteiger partial charge in [0.05, 0.1) is 11.7 Å². The van der Waals surface area contributed by atoms with Crippen molar-refractivity contribution in [1.29, 1.82) is 0 Å². The summed E-state index contributed by atoms with van der Waals surface area (Å²) < 4.78 is 0. The number of likely N-dealkylation sites (tertiary alicyclic amines) is 1. The first-order chi connectivity index (χ1) is 13.7. The van der Waals surface area contributed by atoms with Gasteiger partial charge in [0, 0.05) is 25.2 Å². The Bertz CT molecular complexity index is 760. The monoisotopic (exact) mass is 377 g/mol. The molecule has 0 radical (unpaired) electrons. The third-order valence-electron chi connectivity index (χ3n) is 6.17. The molecule has 1 aromatic heterocycles. The van der Waals surface area contributed by atoms with Crippen molar-refractivity contribution in [2.75, 3.05) is 19.6 Å². The van der Waals surface area contributed by atoms with E-state index in [0.717, 1.165) is 44.6 Å². The van der Waals surface area contributed by atoms with Crippen LogP contribution in [0, 0.1) is 11.8 Å². The van der Waals surface area contributed by atoms with E-state index >= 15 is 0 Å². The summed E-state index contributed by atoms with van der Waals surface area (Å²) in [5.74, 6) is 1.36. The number of nitrogens with one attached hydrogen (secondary N) is 1. The highest BCUT2D eigenvalue weighted by atomic mass is 16.2. The SMILES string of the molecule is C[C@H](CN1CCC[C@H]([C@@H](NC(=O)C2CC2)c2ccccn2)C1)c1ccccc1. The number of amides is 1. The van der Waals surface area contributed by atoms with Crippen LogP contribution in [0.1, 0.15) is 55.8 Å². The van der Waals surface area contributed by atoms with Crippen LogP contribution in [0.25, 0.3) is 0 Å². The number of carbonyl (C=O) groups excluding carboxylic acids is 1. The third-order valence-corrected chi connectivity index (χ3v) is 6.17. The van der Waals surface area contributed by atoms with Gasteiger partial charge in [-0.1, -0.05) is 43.3 Å². The molecular formula is C24H31N3O. The minimum absolute atomic E-state index is 0.0177. The molecule has 28 heavy (non-hydrogen) atoms. The van der Waals surface area contributed by atoms with Gasteiger partial charge in [0.15, 0.2) is 0 Å². The van der Waals surface area contributed by atoms with Crippen LogP contribution in [0.5, 0.6) is 0 Å². The predicted molar refractivity (Wildman–Crippen MR) is 112 cm³/mol. The van der Waals surface area contributed by atoms with Gasteiger partial charge < -0.3 is 10.2 Å². The number of pyridine rings is 1. The highest BCUT2D eigenvalue weighted by molar-refractivity contribution is 5.81. The summed E-state index contributed by atoms with van der Waals surface area (Å²) in [5, 5.41) is 3.34. The number of benzene rings is 1. The molecule has 1 saturated heterocycles. The molecule has 2 fully saturated rings. The van der Waals surface area contributed by atoms with Crippen LogP contribution in [0.2, 0.25) is 0 Å². The van der Waals surface area contributed by atoms with E-state index in [1.165, 1.54) is 12.0 Å². The van der Waals surface area contributed by atoms with E-state index in [0.29, 0.717) is 11.8 Å². The van der Waals surface area contributed by atoms with Crippen molar-refractivity contribution >= 4 is 5.91 Å². The first kappa shape index (κ1) is 19.1. The zero-order chi connectivity index (χ0) is 19.3. The predicted octanol–water partition coefficient (Wildman–Crippen LogP) is 4.16. The molecule has 148 valence electrons. The number of aromatic nitrogens is 1. The van der Waals surface area contributed by atoms with Crippen LogP contribution in [0.4, 0.5) is 0 Å². The Morgan fingerprint density at radius 2 is 1.93 bits per heavy atom. The van der Waals surface area contributed by atoms with E-state index in [9.17, 15) is 4.79 Å². The summed E-state index contributed by atoms with van der Waals surface area (Å²) in [6.45, 7) is 5.53. The number of nitrogens with zero attached hydrogens (tertiary/aromatic N) is 2. The van der Waals surface area contributed by atoms with Crippen molar-refractivity contribution in [3.05, 3.63) is 66.0 Å². The molecule has 0 unspecified atom stereocenters. The molecule has 0 bridgehead atoms. The van der Waals surface area contributed by atoms with Crippen LogP contribution >= 0.6 is 0 Å². The highest BCUT2D eigenvalue weighted by Gasteiger charge is 2.35. The van der Waals surface area contributed by atoms with Crippen LogP contribution in [-0.4, -0.2) is 35.4 Å². The van der Waals surface area contributed by atoms with E-state index in [1.807, 2.05) is 18.3 Å². The number of carbonyl (C=O) groups is 1. The van der Waals surface area contributed by atoms with Crippen LogP contribution in [0.3, 0.4) is 0 Å². The van der Waals surface area contributed by atoms with E-state index in [4.69, 9.17) is 0 Å². The zero-order valence-electron chi connectivity index (χ0n) is 16.8. The maximum Gasteiger partial charge on any atom is 0.223 e. The third kappa shape index (κ3) is 4.79. The maximum atomic E-state index is 12.5. The van der Waals surface area contributed by atoms with Gasteiger partial charge in [-0.3, -0.25) is 9.78 Å². The van der Waals surface area contributed by atoms with Crippen molar-refractivity contribution in [2.24, 2.45) is 11.8 Å². The summed E-state index contributed by atoms with van der Waals surface area (Å²) in [6.07, 6.45) is 6.22. The average molecular weight is 378 g/mol. The van der Waals surface area contributed by atoms with Gasteiger partial charge in [-0.2, -0.15) is 0 Å². The van der Waals surface area contributed by atoms with Gasteiger partial charge in [0.1, 0.15) is 0 Å². The number of piperidine rings is 1. The van der Waals surface area contributed by atoms with Gasteiger partial charge in [0.2, 0.25) is 5.91 Å². The Morgan fingerprint density at radius 1 is 1.14 bits per heavy atom. The fourth-order valence-corrected chi connectivity index (χ4v) is 4.41. The van der Waals surface area contributed by atoms with Gasteiger partial charge in [-0.05, 0) is 61.8 Å². The lowest BCUT2D eigenvalue weighted by Gasteiger charge is -2.38. The number of hydrogen-bond donors (Lipinski definition) is 1. The fraction of sp³-hybridized carbons (Fsp3) is 0.500. The molecular weight excluding hydrogens is 346 g/mol. The molecule has 1 aromatic carbocycles. The van der Waals surface area contributed by atoms with Crippen molar-refractivity contribution in [1.82, 2.24) is 15.2 Å². The quantitative estimate of drug-likeness (QED) is 0.788. The molecule has 1 saturated carbocycles. The molecule has 1 amide bonds. The number of rotatable bonds is 7. The Balaban J connectivity index is 1.44. The second-order valence-electron chi connectivity index (χ2n) is 8.49. The molecule has 1 N–H and O–H groups in total. The van der Waals surface area contributed by atoms with E-state index < -0.39 is 0 Å². The largest absolute Gasteiger partial charge is 0.347 e. The lowest BCUT2D eigenvalue weighted by Crippen LogP contribution is -2.44. The summed E-state index contributed by atoms with van der Waals surface area (Å²) in [6, 6.07) is 16.8. The molecule has 0 spiro atoms. The van der Waals surface area contributed by atoms with Crippen LogP contribution < -0.4 is 5.32 Å². The van der Waals surface area contributed by atoms with Gasteiger partial charge in [0.25, 0.3) is 0 Å². The van der Waals surface area contributed by atoms with Gasteiger partial charge in [-0.15, -0.1) is 0 Å². The topological polar surface area (TPSA) is 45.2 Å². The molecule has 4 heteroatoms. The second-order valence-corrected chi connectivity index (χ2v) is 8.49. The summed E-state index contributed by atoms with van der Waals surface area (Å²) >= 11 is 0. The van der Waals surface area contributed by atoms with Crippen LogP contribution in [0.15, 0.2) is 54.7 Å². The lowest BCUT2D eigenvalue weighted by atomic mass is 9.87. The Kier molecular flexibility index (Phi) is 6.06. The number of hydrogen-bond acceptors (Lipinski definition) is 3. The minimum atomic E-state index is 0.0177. The van der Waals surface area contributed by atoms with Crippen molar-refractivity contribution in [3.8, 4) is 0 Å². The van der Waals surface area contributed by atoms with E-state index in [-0.39, 0.29) is 17.9 Å². The van der Waals surface area contributed by atoms with E-state index in [2.05, 4.69) is 58.5 Å². The zero-order valence-corrected chi connectivity index (χ0v) is 16.8. The Labute approximate surface area is 168 Å². The molecule has 2 aromatic rings. The Morgan fingerprint density at radius 3 is 2.64 bits per heavy atom. The van der Waals surface area contributed by atoms with E-state index in [1.54, 1.807) is 0 Å². The van der Waals surface area contributed by atoms with Gasteiger partial charge >= 0.3 is 0 Å². The smallest absolute Gasteiger partial charge is 0.223 e. The first-order valence-electron chi connectivity index (χ1n) is 10.7.